The lowest BCUT2D eigenvalue weighted by atomic mass is 10.0. The molecule has 1 saturated heterocycles. The lowest BCUT2D eigenvalue weighted by molar-refractivity contribution is 0.0594. The van der Waals surface area contributed by atoms with Crippen LogP contribution in [0.2, 0.25) is 0 Å². The highest BCUT2D eigenvalue weighted by Gasteiger charge is 2.31. The van der Waals surface area contributed by atoms with E-state index in [-0.39, 0.29) is 29.6 Å². The van der Waals surface area contributed by atoms with Crippen molar-refractivity contribution >= 4 is 9.84 Å². The molecule has 2 N–H and O–H groups in total. The van der Waals surface area contributed by atoms with Gasteiger partial charge in [-0.2, -0.15) is 0 Å². The van der Waals surface area contributed by atoms with E-state index in [1.165, 1.54) is 0 Å². The van der Waals surface area contributed by atoms with Crippen LogP contribution >= 0.6 is 0 Å². The van der Waals surface area contributed by atoms with Gasteiger partial charge in [-0.1, -0.05) is 0 Å². The van der Waals surface area contributed by atoms with E-state index >= 15 is 0 Å². The van der Waals surface area contributed by atoms with Crippen molar-refractivity contribution in [3.63, 3.8) is 0 Å². The maximum absolute atomic E-state index is 11.2. The van der Waals surface area contributed by atoms with Crippen LogP contribution in [0.5, 0.6) is 0 Å². The van der Waals surface area contributed by atoms with Gasteiger partial charge in [0, 0.05) is 6.04 Å². The average molecular weight is 221 g/mol. The van der Waals surface area contributed by atoms with Gasteiger partial charge in [0.05, 0.1) is 24.2 Å². The quantitative estimate of drug-likeness (QED) is 0.735. The molecule has 0 spiro atoms. The summed E-state index contributed by atoms with van der Waals surface area (Å²) in [6.45, 7) is 4.34. The van der Waals surface area contributed by atoms with Crippen LogP contribution < -0.4 is 5.73 Å². The third kappa shape index (κ3) is 3.55. The molecular weight excluding hydrogens is 202 g/mol. The predicted octanol–water partition coefficient (Wildman–Crippen LogP) is 0.173. The van der Waals surface area contributed by atoms with E-state index in [1.807, 2.05) is 13.8 Å². The van der Waals surface area contributed by atoms with Crippen LogP contribution in [-0.2, 0) is 14.6 Å². The summed E-state index contributed by atoms with van der Waals surface area (Å²) in [5.74, 6) is 0.599. The van der Waals surface area contributed by atoms with Gasteiger partial charge in [0.25, 0.3) is 0 Å². The Hall–Kier alpha value is -0.130. The fourth-order valence-corrected chi connectivity index (χ4v) is 3.50. The van der Waals surface area contributed by atoms with E-state index in [0.29, 0.717) is 13.0 Å². The van der Waals surface area contributed by atoms with Crippen molar-refractivity contribution in [2.24, 2.45) is 11.7 Å². The summed E-state index contributed by atoms with van der Waals surface area (Å²) in [7, 11) is -2.81. The third-order valence-corrected chi connectivity index (χ3v) is 4.29. The van der Waals surface area contributed by atoms with Crippen LogP contribution in [0.4, 0.5) is 0 Å². The number of hydrogen-bond donors (Lipinski definition) is 1. The first-order valence-corrected chi connectivity index (χ1v) is 6.80. The minimum absolute atomic E-state index is 0.0822. The third-order valence-electron chi connectivity index (χ3n) is 2.50. The largest absolute Gasteiger partial charge is 0.377 e. The highest BCUT2D eigenvalue weighted by molar-refractivity contribution is 7.91. The van der Waals surface area contributed by atoms with Crippen molar-refractivity contribution in [1.82, 2.24) is 0 Å². The Labute approximate surface area is 85.7 Å². The van der Waals surface area contributed by atoms with Crippen molar-refractivity contribution in [2.45, 2.75) is 32.4 Å². The summed E-state index contributed by atoms with van der Waals surface area (Å²) in [5, 5.41) is 0. The number of hydrogen-bond acceptors (Lipinski definition) is 4. The van der Waals surface area contributed by atoms with Gasteiger partial charge in [-0.15, -0.1) is 0 Å². The first kappa shape index (κ1) is 11.9. The second kappa shape index (κ2) is 4.59. The molecule has 14 heavy (non-hydrogen) atoms. The van der Waals surface area contributed by atoms with Gasteiger partial charge in [0.15, 0.2) is 9.84 Å². The zero-order chi connectivity index (χ0) is 10.8. The van der Waals surface area contributed by atoms with Crippen LogP contribution in [0.3, 0.4) is 0 Å². The van der Waals surface area contributed by atoms with Gasteiger partial charge in [-0.25, -0.2) is 8.42 Å². The van der Waals surface area contributed by atoms with E-state index in [2.05, 4.69) is 0 Å². The maximum Gasteiger partial charge on any atom is 0.150 e. The van der Waals surface area contributed by atoms with Crippen LogP contribution in [0.15, 0.2) is 0 Å². The van der Waals surface area contributed by atoms with Crippen LogP contribution in [0.25, 0.3) is 0 Å². The van der Waals surface area contributed by atoms with Crippen LogP contribution in [-0.4, -0.2) is 38.7 Å². The number of ether oxygens (including phenoxy) is 1. The molecule has 84 valence electrons. The number of rotatable bonds is 4. The monoisotopic (exact) mass is 221 g/mol. The minimum atomic E-state index is -2.81. The highest BCUT2D eigenvalue weighted by Crippen LogP contribution is 2.21. The second-order valence-electron chi connectivity index (χ2n) is 4.21. The molecule has 0 aromatic carbocycles. The molecule has 0 aromatic rings. The molecule has 0 bridgehead atoms. The van der Waals surface area contributed by atoms with E-state index in [0.717, 1.165) is 0 Å². The Morgan fingerprint density at radius 3 is 2.57 bits per heavy atom. The molecule has 5 heteroatoms. The average Bonchev–Trinajstić information content (AvgIpc) is 2.41. The van der Waals surface area contributed by atoms with Gasteiger partial charge in [-0.05, 0) is 26.2 Å². The molecule has 0 amide bonds. The first-order valence-electron chi connectivity index (χ1n) is 4.98. The fourth-order valence-electron chi connectivity index (χ4n) is 1.60. The summed E-state index contributed by atoms with van der Waals surface area (Å²) < 4.78 is 27.7. The Morgan fingerprint density at radius 1 is 1.50 bits per heavy atom. The normalized spacial score (nSPS) is 28.1. The molecule has 1 rings (SSSR count). The molecule has 0 radical (unpaired) electrons. The summed E-state index contributed by atoms with van der Waals surface area (Å²) in [5.41, 5.74) is 5.86. The first-order chi connectivity index (χ1) is 6.41. The van der Waals surface area contributed by atoms with Crippen molar-refractivity contribution in [2.75, 3.05) is 18.1 Å². The van der Waals surface area contributed by atoms with Gasteiger partial charge >= 0.3 is 0 Å². The molecule has 2 unspecified atom stereocenters. The summed E-state index contributed by atoms with van der Waals surface area (Å²) in [4.78, 5) is 0. The van der Waals surface area contributed by atoms with Crippen molar-refractivity contribution in [1.29, 1.82) is 0 Å². The van der Waals surface area contributed by atoms with Crippen LogP contribution in [0, 0.1) is 5.92 Å². The van der Waals surface area contributed by atoms with Gasteiger partial charge in [-0.3, -0.25) is 0 Å². The highest BCUT2D eigenvalue weighted by atomic mass is 32.2. The molecule has 0 saturated carbocycles. The fraction of sp³-hybridized carbons (Fsp3) is 1.00. The minimum Gasteiger partial charge on any atom is -0.377 e. The summed E-state index contributed by atoms with van der Waals surface area (Å²) >= 11 is 0. The van der Waals surface area contributed by atoms with Crippen LogP contribution in [0.1, 0.15) is 20.3 Å². The molecule has 1 aliphatic heterocycles. The predicted molar refractivity (Wildman–Crippen MR) is 55.8 cm³/mol. The van der Waals surface area contributed by atoms with Gasteiger partial charge in [0.1, 0.15) is 0 Å². The Bertz CT molecular complexity index is 274. The number of nitrogens with two attached hydrogens (primary N) is 1. The summed E-state index contributed by atoms with van der Waals surface area (Å²) in [6.07, 6.45) is 0.837. The number of sulfone groups is 1. The molecule has 4 nitrogen and oxygen atoms in total. The Kier molecular flexibility index (Phi) is 3.92. The second-order valence-corrected chi connectivity index (χ2v) is 6.44. The SMILES string of the molecule is CC(C)OCC(N)C1CCS(=O)(=O)C1. The molecule has 2 atom stereocenters. The molecule has 1 aliphatic rings. The zero-order valence-corrected chi connectivity index (χ0v) is 9.59. The standard InChI is InChI=1S/C9H19NO3S/c1-7(2)13-5-9(10)8-3-4-14(11,12)6-8/h7-9H,3-6,10H2,1-2H3. The van der Waals surface area contributed by atoms with Gasteiger partial charge < -0.3 is 10.5 Å². The topological polar surface area (TPSA) is 69.4 Å². The molecule has 1 heterocycles. The zero-order valence-electron chi connectivity index (χ0n) is 8.77. The van der Waals surface area contributed by atoms with E-state index in [4.69, 9.17) is 10.5 Å². The molecule has 0 aliphatic carbocycles. The van der Waals surface area contributed by atoms with Crippen molar-refractivity contribution < 1.29 is 13.2 Å². The smallest absolute Gasteiger partial charge is 0.150 e. The van der Waals surface area contributed by atoms with Crippen molar-refractivity contribution in [3.8, 4) is 0 Å². The van der Waals surface area contributed by atoms with Gasteiger partial charge in [0.2, 0.25) is 0 Å². The maximum atomic E-state index is 11.2. The van der Waals surface area contributed by atoms with E-state index in [1.54, 1.807) is 0 Å². The lowest BCUT2D eigenvalue weighted by Crippen LogP contribution is -2.36. The van der Waals surface area contributed by atoms with Crippen molar-refractivity contribution in [3.05, 3.63) is 0 Å². The molecule has 1 fully saturated rings. The Balaban J connectivity index is 2.36. The molecule has 0 aromatic heterocycles. The lowest BCUT2D eigenvalue weighted by Gasteiger charge is -2.19. The van der Waals surface area contributed by atoms with E-state index < -0.39 is 9.84 Å². The summed E-state index contributed by atoms with van der Waals surface area (Å²) in [6, 6.07) is -0.144. The molecular formula is C9H19NO3S. The Morgan fingerprint density at radius 2 is 2.14 bits per heavy atom. The van der Waals surface area contributed by atoms with E-state index in [9.17, 15) is 8.42 Å².